The van der Waals surface area contributed by atoms with Crippen LogP contribution in [0.4, 0.5) is 9.93 Å². The summed E-state index contributed by atoms with van der Waals surface area (Å²) in [7, 11) is 0. The van der Waals surface area contributed by atoms with Gasteiger partial charge in [-0.3, -0.25) is 4.79 Å². The first-order valence-electron chi connectivity index (χ1n) is 9.40. The maximum atomic E-state index is 12.4. The summed E-state index contributed by atoms with van der Waals surface area (Å²) in [6.07, 6.45) is 0.688. The average molecular weight is 420 g/mol. The number of carbonyl (C=O) groups excluding carboxylic acids is 2. The van der Waals surface area contributed by atoms with Gasteiger partial charge in [0, 0.05) is 28.0 Å². The quantitative estimate of drug-likeness (QED) is 0.705. The summed E-state index contributed by atoms with van der Waals surface area (Å²) in [5.74, 6) is -0.0855. The van der Waals surface area contributed by atoms with E-state index in [1.165, 1.54) is 16.2 Å². The van der Waals surface area contributed by atoms with E-state index in [0.29, 0.717) is 42.9 Å². The van der Waals surface area contributed by atoms with Gasteiger partial charge < -0.3 is 15.0 Å². The number of benzene rings is 1. The normalized spacial score (nSPS) is 13.4. The van der Waals surface area contributed by atoms with Crippen molar-refractivity contribution < 1.29 is 14.3 Å². The monoisotopic (exact) mass is 419 g/mol. The molecule has 3 rings (SSSR count). The minimum Gasteiger partial charge on any atom is -0.450 e. The highest BCUT2D eigenvalue weighted by molar-refractivity contribution is 7.99. The summed E-state index contributed by atoms with van der Waals surface area (Å²) >= 11 is 3.23. The molecule has 0 unspecified atom stereocenters. The second kappa shape index (κ2) is 9.43. The first-order valence-corrected chi connectivity index (χ1v) is 11.1. The molecule has 1 aliphatic rings. The van der Waals surface area contributed by atoms with Gasteiger partial charge >= 0.3 is 6.09 Å². The van der Waals surface area contributed by atoms with Crippen LogP contribution in [0, 0.1) is 0 Å². The first-order chi connectivity index (χ1) is 13.4. The van der Waals surface area contributed by atoms with Crippen LogP contribution in [0.1, 0.15) is 36.9 Å². The number of hydrogen-bond donors (Lipinski definition) is 1. The largest absolute Gasteiger partial charge is 0.450 e. The predicted molar refractivity (Wildman–Crippen MR) is 113 cm³/mol. The van der Waals surface area contributed by atoms with E-state index in [1.807, 2.05) is 12.1 Å². The molecule has 6 nitrogen and oxygen atoms in total. The van der Waals surface area contributed by atoms with Crippen LogP contribution in [0.25, 0.3) is 0 Å². The standard InChI is InChI=1S/C20H25N3O3S2/c1-4-26-20(25)23-10-9-16-17(12-23)28-19(21-16)22-18(24)11-14-5-7-15(8-6-14)27-13(2)3/h5-8,13H,4,9-12H2,1-3H3,(H,21,22,24). The van der Waals surface area contributed by atoms with Crippen molar-refractivity contribution in [2.24, 2.45) is 0 Å². The van der Waals surface area contributed by atoms with Gasteiger partial charge in [0.05, 0.1) is 25.3 Å². The summed E-state index contributed by atoms with van der Waals surface area (Å²) < 4.78 is 5.06. The number of anilines is 1. The molecule has 1 aromatic carbocycles. The van der Waals surface area contributed by atoms with Crippen molar-refractivity contribution in [3.05, 3.63) is 40.4 Å². The molecule has 8 heteroatoms. The van der Waals surface area contributed by atoms with Gasteiger partial charge in [-0.25, -0.2) is 9.78 Å². The van der Waals surface area contributed by atoms with E-state index in [9.17, 15) is 9.59 Å². The van der Waals surface area contributed by atoms with Crippen molar-refractivity contribution in [1.82, 2.24) is 9.88 Å². The lowest BCUT2D eigenvalue weighted by Gasteiger charge is -2.24. The van der Waals surface area contributed by atoms with E-state index in [0.717, 1.165) is 16.1 Å². The number of nitrogens with zero attached hydrogens (tertiary/aromatic N) is 2. The molecule has 1 aromatic heterocycles. The summed E-state index contributed by atoms with van der Waals surface area (Å²) in [5.41, 5.74) is 1.93. The van der Waals surface area contributed by atoms with Crippen molar-refractivity contribution in [1.29, 1.82) is 0 Å². The maximum Gasteiger partial charge on any atom is 0.410 e. The first kappa shape index (κ1) is 20.7. The summed E-state index contributed by atoms with van der Waals surface area (Å²) in [6.45, 7) is 7.55. The Bertz CT molecular complexity index is 834. The van der Waals surface area contributed by atoms with Crippen molar-refractivity contribution in [2.45, 2.75) is 50.3 Å². The van der Waals surface area contributed by atoms with Crippen LogP contribution in [0.3, 0.4) is 0 Å². The fraction of sp³-hybridized carbons (Fsp3) is 0.450. The topological polar surface area (TPSA) is 71.5 Å². The smallest absolute Gasteiger partial charge is 0.410 e. The SMILES string of the molecule is CCOC(=O)N1CCc2nc(NC(=O)Cc3ccc(SC(C)C)cc3)sc2C1. The third-order valence-corrected chi connectivity index (χ3v) is 6.18. The Kier molecular flexibility index (Phi) is 6.96. The second-order valence-electron chi connectivity index (χ2n) is 6.79. The molecule has 0 aliphatic carbocycles. The highest BCUT2D eigenvalue weighted by Gasteiger charge is 2.25. The van der Waals surface area contributed by atoms with E-state index >= 15 is 0 Å². The highest BCUT2D eigenvalue weighted by atomic mass is 32.2. The summed E-state index contributed by atoms with van der Waals surface area (Å²) in [5, 5.41) is 4.01. The van der Waals surface area contributed by atoms with Crippen LogP contribution < -0.4 is 5.32 Å². The van der Waals surface area contributed by atoms with Crippen molar-refractivity contribution in [3.8, 4) is 0 Å². The van der Waals surface area contributed by atoms with Crippen molar-refractivity contribution >= 4 is 40.2 Å². The Balaban J connectivity index is 1.56. The molecule has 1 N–H and O–H groups in total. The van der Waals surface area contributed by atoms with E-state index in [2.05, 4.69) is 36.3 Å². The zero-order chi connectivity index (χ0) is 20.1. The number of thiazole rings is 1. The minimum atomic E-state index is -0.300. The molecule has 0 fully saturated rings. The number of ether oxygens (including phenoxy) is 1. The lowest BCUT2D eigenvalue weighted by molar-refractivity contribution is -0.115. The Morgan fingerprint density at radius 2 is 2.07 bits per heavy atom. The van der Waals surface area contributed by atoms with E-state index < -0.39 is 0 Å². The van der Waals surface area contributed by atoms with Gasteiger partial charge in [-0.1, -0.05) is 37.3 Å². The Morgan fingerprint density at radius 3 is 2.75 bits per heavy atom. The van der Waals surface area contributed by atoms with E-state index in [4.69, 9.17) is 4.74 Å². The number of carbonyl (C=O) groups is 2. The number of rotatable bonds is 6. The molecule has 0 saturated carbocycles. The van der Waals surface area contributed by atoms with Gasteiger partial charge in [-0.05, 0) is 24.6 Å². The Morgan fingerprint density at radius 1 is 1.32 bits per heavy atom. The molecular formula is C20H25N3O3S2. The molecular weight excluding hydrogens is 394 g/mol. The van der Waals surface area contributed by atoms with Crippen LogP contribution in [-0.4, -0.2) is 40.3 Å². The molecule has 0 bridgehead atoms. The zero-order valence-corrected chi connectivity index (χ0v) is 18.0. The fourth-order valence-electron chi connectivity index (χ4n) is 2.93. The number of hydrogen-bond acceptors (Lipinski definition) is 6. The van der Waals surface area contributed by atoms with Crippen LogP contribution in [-0.2, 0) is 28.9 Å². The molecule has 0 radical (unpaired) electrons. The lowest BCUT2D eigenvalue weighted by atomic mass is 10.1. The number of nitrogens with one attached hydrogen (secondary N) is 1. The molecule has 0 saturated heterocycles. The summed E-state index contributed by atoms with van der Waals surface area (Å²) in [6, 6.07) is 8.10. The van der Waals surface area contributed by atoms with E-state index in [1.54, 1.807) is 23.6 Å². The van der Waals surface area contributed by atoms with Crippen molar-refractivity contribution in [3.63, 3.8) is 0 Å². The van der Waals surface area contributed by atoms with Crippen LogP contribution in [0.2, 0.25) is 0 Å². The zero-order valence-electron chi connectivity index (χ0n) is 16.4. The molecule has 150 valence electrons. The molecule has 2 heterocycles. The fourth-order valence-corrected chi connectivity index (χ4v) is 4.80. The third-order valence-electron chi connectivity index (χ3n) is 4.16. The van der Waals surface area contributed by atoms with E-state index in [-0.39, 0.29) is 12.0 Å². The van der Waals surface area contributed by atoms with Crippen LogP contribution >= 0.6 is 23.1 Å². The van der Waals surface area contributed by atoms with Crippen LogP contribution in [0.5, 0.6) is 0 Å². The molecule has 0 spiro atoms. The number of thioether (sulfide) groups is 1. The van der Waals surface area contributed by atoms with Gasteiger partial charge in [0.2, 0.25) is 5.91 Å². The van der Waals surface area contributed by atoms with Gasteiger partial charge in [-0.2, -0.15) is 0 Å². The number of fused-ring (bicyclic) bond motifs is 1. The Labute approximate surface area is 173 Å². The van der Waals surface area contributed by atoms with Crippen molar-refractivity contribution in [2.75, 3.05) is 18.5 Å². The number of aromatic nitrogens is 1. The molecule has 1 aliphatic heterocycles. The summed E-state index contributed by atoms with van der Waals surface area (Å²) in [4.78, 5) is 32.7. The lowest BCUT2D eigenvalue weighted by Crippen LogP contribution is -2.35. The predicted octanol–water partition coefficient (Wildman–Crippen LogP) is 4.34. The Hall–Kier alpha value is -2.06. The average Bonchev–Trinajstić information content (AvgIpc) is 3.04. The molecule has 0 atom stereocenters. The van der Waals surface area contributed by atoms with Gasteiger partial charge in [0.25, 0.3) is 0 Å². The second-order valence-corrected chi connectivity index (χ2v) is 9.53. The maximum absolute atomic E-state index is 12.4. The minimum absolute atomic E-state index is 0.0855. The third kappa shape index (κ3) is 5.48. The van der Waals surface area contributed by atoms with Gasteiger partial charge in [0.15, 0.2) is 5.13 Å². The van der Waals surface area contributed by atoms with Crippen LogP contribution in [0.15, 0.2) is 29.2 Å². The molecule has 2 amide bonds. The van der Waals surface area contributed by atoms with Gasteiger partial charge in [0.1, 0.15) is 0 Å². The highest BCUT2D eigenvalue weighted by Crippen LogP contribution is 2.29. The molecule has 28 heavy (non-hydrogen) atoms. The molecule has 2 aromatic rings. The number of amides is 2. The van der Waals surface area contributed by atoms with Gasteiger partial charge in [-0.15, -0.1) is 11.8 Å².